The van der Waals surface area contributed by atoms with Crippen molar-refractivity contribution in [2.75, 3.05) is 6.61 Å². The lowest BCUT2D eigenvalue weighted by atomic mass is 9.90. The summed E-state index contributed by atoms with van der Waals surface area (Å²) < 4.78 is 5.27. The number of amides is 1. The van der Waals surface area contributed by atoms with Gasteiger partial charge in [0.25, 0.3) is 5.91 Å². The van der Waals surface area contributed by atoms with Crippen LogP contribution in [0.25, 0.3) is 0 Å². The standard InChI is InChI=1S/C15H25NO3.C4H10O/c1-10(2)11-8-13(19-14(17)9-11)15(18)16-12-6-4-3-5-7-12;1-2-3-4-5/h8,10-12,14,17H,3-7,9H2,1-2H3,(H,16,18);5H,2-4H2,1H3/t11?,14-;/m0./s1. The average molecular weight is 341 g/mol. The Morgan fingerprint density at radius 1 is 1.33 bits per heavy atom. The number of hydrogen-bond donors (Lipinski definition) is 3. The Kier molecular flexibility index (Phi) is 10.0. The van der Waals surface area contributed by atoms with E-state index in [0.717, 1.165) is 25.7 Å². The number of rotatable bonds is 5. The lowest BCUT2D eigenvalue weighted by Crippen LogP contribution is -2.39. The first-order valence-corrected chi connectivity index (χ1v) is 9.46. The third kappa shape index (κ3) is 7.67. The predicted molar refractivity (Wildman–Crippen MR) is 95.1 cm³/mol. The number of ether oxygens (including phenoxy) is 1. The van der Waals surface area contributed by atoms with Gasteiger partial charge in [0, 0.05) is 19.1 Å². The molecule has 1 amide bonds. The second-order valence-corrected chi connectivity index (χ2v) is 7.13. The summed E-state index contributed by atoms with van der Waals surface area (Å²) in [6.45, 7) is 6.58. The van der Waals surface area contributed by atoms with Crippen molar-refractivity contribution in [3.63, 3.8) is 0 Å². The minimum absolute atomic E-state index is 0.170. The first kappa shape index (κ1) is 21.0. The molecule has 1 heterocycles. The Morgan fingerprint density at radius 2 is 2.00 bits per heavy atom. The molecule has 0 saturated heterocycles. The number of carbonyl (C=O) groups excluding carboxylic acids is 1. The van der Waals surface area contributed by atoms with Crippen LogP contribution in [-0.2, 0) is 9.53 Å². The summed E-state index contributed by atoms with van der Waals surface area (Å²) in [5, 5.41) is 20.8. The minimum Gasteiger partial charge on any atom is -0.460 e. The second kappa shape index (κ2) is 11.5. The molecule has 1 fully saturated rings. The minimum atomic E-state index is -0.857. The molecule has 140 valence electrons. The summed E-state index contributed by atoms with van der Waals surface area (Å²) in [5.41, 5.74) is 0. The highest BCUT2D eigenvalue weighted by Crippen LogP contribution is 2.27. The van der Waals surface area contributed by atoms with Crippen LogP contribution in [0.4, 0.5) is 0 Å². The monoisotopic (exact) mass is 341 g/mol. The summed E-state index contributed by atoms with van der Waals surface area (Å²) in [6.07, 6.45) is 9.35. The van der Waals surface area contributed by atoms with Crippen LogP contribution in [0.2, 0.25) is 0 Å². The molecule has 2 atom stereocenters. The van der Waals surface area contributed by atoms with E-state index in [0.29, 0.717) is 24.7 Å². The highest BCUT2D eigenvalue weighted by Gasteiger charge is 2.28. The molecule has 1 aliphatic carbocycles. The van der Waals surface area contributed by atoms with Gasteiger partial charge in [-0.05, 0) is 37.2 Å². The molecule has 1 saturated carbocycles. The van der Waals surface area contributed by atoms with Gasteiger partial charge in [0.1, 0.15) is 0 Å². The number of aliphatic hydroxyl groups is 2. The quantitative estimate of drug-likeness (QED) is 0.718. The van der Waals surface area contributed by atoms with Crippen LogP contribution in [-0.4, -0.2) is 35.1 Å². The van der Waals surface area contributed by atoms with Gasteiger partial charge in [-0.15, -0.1) is 0 Å². The molecule has 5 nitrogen and oxygen atoms in total. The fourth-order valence-electron chi connectivity index (χ4n) is 2.98. The molecule has 0 aromatic carbocycles. The van der Waals surface area contributed by atoms with E-state index in [-0.39, 0.29) is 17.9 Å². The van der Waals surface area contributed by atoms with Crippen LogP contribution in [0, 0.1) is 11.8 Å². The van der Waals surface area contributed by atoms with Gasteiger partial charge in [-0.1, -0.05) is 46.5 Å². The number of hydrogen-bond acceptors (Lipinski definition) is 4. The number of nitrogens with one attached hydrogen (secondary N) is 1. The molecule has 1 unspecified atom stereocenters. The molecule has 24 heavy (non-hydrogen) atoms. The van der Waals surface area contributed by atoms with E-state index in [1.54, 1.807) is 0 Å². The van der Waals surface area contributed by atoms with E-state index < -0.39 is 6.29 Å². The summed E-state index contributed by atoms with van der Waals surface area (Å²) in [4.78, 5) is 12.2. The summed E-state index contributed by atoms with van der Waals surface area (Å²) in [5.74, 6) is 0.728. The Morgan fingerprint density at radius 3 is 2.50 bits per heavy atom. The van der Waals surface area contributed by atoms with Crippen molar-refractivity contribution in [2.45, 2.75) is 84.5 Å². The highest BCUT2D eigenvalue weighted by molar-refractivity contribution is 5.91. The Bertz CT molecular complexity index is 387. The average Bonchev–Trinajstić information content (AvgIpc) is 2.56. The van der Waals surface area contributed by atoms with Gasteiger partial charge in [0.05, 0.1) is 0 Å². The van der Waals surface area contributed by atoms with E-state index in [2.05, 4.69) is 26.1 Å². The van der Waals surface area contributed by atoms with Gasteiger partial charge in [0.15, 0.2) is 12.0 Å². The number of aliphatic hydroxyl groups excluding tert-OH is 2. The van der Waals surface area contributed by atoms with Gasteiger partial charge in [-0.25, -0.2) is 0 Å². The normalized spacial score (nSPS) is 24.5. The van der Waals surface area contributed by atoms with E-state index in [4.69, 9.17) is 9.84 Å². The largest absolute Gasteiger partial charge is 0.460 e. The van der Waals surface area contributed by atoms with Crippen molar-refractivity contribution < 1.29 is 19.7 Å². The van der Waals surface area contributed by atoms with Gasteiger partial charge in [-0.2, -0.15) is 0 Å². The van der Waals surface area contributed by atoms with E-state index >= 15 is 0 Å². The van der Waals surface area contributed by atoms with Crippen molar-refractivity contribution in [2.24, 2.45) is 11.8 Å². The number of carbonyl (C=O) groups is 1. The van der Waals surface area contributed by atoms with Crippen molar-refractivity contribution in [1.82, 2.24) is 5.32 Å². The Hall–Kier alpha value is -1.07. The van der Waals surface area contributed by atoms with Crippen molar-refractivity contribution in [1.29, 1.82) is 0 Å². The topological polar surface area (TPSA) is 78.8 Å². The van der Waals surface area contributed by atoms with E-state index in [9.17, 15) is 9.90 Å². The zero-order valence-electron chi connectivity index (χ0n) is 15.5. The van der Waals surface area contributed by atoms with Gasteiger partial charge >= 0.3 is 0 Å². The van der Waals surface area contributed by atoms with Crippen LogP contribution in [0.3, 0.4) is 0 Å². The van der Waals surface area contributed by atoms with Crippen LogP contribution >= 0.6 is 0 Å². The summed E-state index contributed by atoms with van der Waals surface area (Å²) >= 11 is 0. The molecular weight excluding hydrogens is 306 g/mol. The highest BCUT2D eigenvalue weighted by atomic mass is 16.6. The molecule has 0 bridgehead atoms. The zero-order chi connectivity index (χ0) is 17.9. The number of allylic oxidation sites excluding steroid dienone is 1. The Balaban J connectivity index is 0.000000505. The molecule has 3 N–H and O–H groups in total. The lowest BCUT2D eigenvalue weighted by molar-refractivity contribution is -0.134. The van der Waals surface area contributed by atoms with Crippen molar-refractivity contribution in [3.8, 4) is 0 Å². The van der Waals surface area contributed by atoms with Crippen molar-refractivity contribution in [3.05, 3.63) is 11.8 Å². The van der Waals surface area contributed by atoms with Crippen LogP contribution < -0.4 is 5.32 Å². The zero-order valence-corrected chi connectivity index (χ0v) is 15.5. The first-order valence-electron chi connectivity index (χ1n) is 9.46. The van der Waals surface area contributed by atoms with Crippen molar-refractivity contribution >= 4 is 5.91 Å². The molecular formula is C19H35NO4. The molecule has 0 aromatic heterocycles. The third-order valence-corrected chi connectivity index (χ3v) is 4.63. The lowest BCUT2D eigenvalue weighted by Gasteiger charge is -2.29. The maximum atomic E-state index is 12.2. The smallest absolute Gasteiger partial charge is 0.286 e. The van der Waals surface area contributed by atoms with Crippen LogP contribution in [0.5, 0.6) is 0 Å². The van der Waals surface area contributed by atoms with E-state index in [1.165, 1.54) is 19.3 Å². The molecule has 0 radical (unpaired) electrons. The van der Waals surface area contributed by atoms with Gasteiger partial charge in [0.2, 0.25) is 0 Å². The second-order valence-electron chi connectivity index (χ2n) is 7.13. The fourth-order valence-corrected chi connectivity index (χ4v) is 2.98. The fraction of sp³-hybridized carbons (Fsp3) is 0.842. The van der Waals surface area contributed by atoms with E-state index in [1.807, 2.05) is 6.08 Å². The predicted octanol–water partition coefficient (Wildman–Crippen LogP) is 3.11. The molecule has 2 rings (SSSR count). The molecule has 2 aliphatic rings. The number of unbranched alkanes of at least 4 members (excludes halogenated alkanes) is 1. The molecule has 0 aromatic rings. The first-order chi connectivity index (χ1) is 11.5. The molecule has 5 heteroatoms. The molecule has 1 aliphatic heterocycles. The van der Waals surface area contributed by atoms with Gasteiger partial charge in [-0.3, -0.25) is 4.79 Å². The maximum absolute atomic E-state index is 12.2. The van der Waals surface area contributed by atoms with Crippen LogP contribution in [0.1, 0.15) is 72.1 Å². The summed E-state index contributed by atoms with van der Waals surface area (Å²) in [6, 6.07) is 0.266. The SMILES string of the molecule is CC(C)C1C=C(C(=O)NC2CCCCC2)O[C@H](O)C1.CCCCO. The molecule has 0 spiro atoms. The van der Waals surface area contributed by atoms with Crippen LogP contribution in [0.15, 0.2) is 11.8 Å². The third-order valence-electron chi connectivity index (χ3n) is 4.63. The summed E-state index contributed by atoms with van der Waals surface area (Å²) in [7, 11) is 0. The maximum Gasteiger partial charge on any atom is 0.286 e. The Labute approximate surface area is 146 Å². The van der Waals surface area contributed by atoms with Gasteiger partial charge < -0.3 is 20.3 Å².